The Labute approximate surface area is 83.1 Å². The van der Waals surface area contributed by atoms with Crippen molar-refractivity contribution in [3.63, 3.8) is 0 Å². The molecule has 0 amide bonds. The van der Waals surface area contributed by atoms with E-state index < -0.39 is 6.17 Å². The highest BCUT2D eigenvalue weighted by Gasteiger charge is 2.27. The van der Waals surface area contributed by atoms with Gasteiger partial charge in [0.05, 0.1) is 7.11 Å². The lowest BCUT2D eigenvalue weighted by Gasteiger charge is -2.11. The van der Waals surface area contributed by atoms with Gasteiger partial charge in [0.2, 0.25) is 0 Å². The fourth-order valence-corrected chi connectivity index (χ4v) is 1.88. The summed E-state index contributed by atoms with van der Waals surface area (Å²) in [4.78, 5) is 0. The van der Waals surface area contributed by atoms with Crippen LogP contribution in [-0.4, -0.2) is 19.8 Å². The molecule has 2 unspecified atom stereocenters. The maximum Gasteiger partial charge on any atom is 0.120 e. The molecule has 0 saturated carbocycles. The molecule has 0 spiro atoms. The van der Waals surface area contributed by atoms with Crippen molar-refractivity contribution in [1.82, 2.24) is 0 Å². The SMILES string of the molecule is COc1ccc2c(c1)NCC2C(C)F. The Morgan fingerprint density at radius 3 is 3.00 bits per heavy atom. The lowest BCUT2D eigenvalue weighted by molar-refractivity contribution is 0.317. The molecule has 0 radical (unpaired) electrons. The van der Waals surface area contributed by atoms with E-state index in [1.165, 1.54) is 0 Å². The van der Waals surface area contributed by atoms with Gasteiger partial charge in [0.15, 0.2) is 0 Å². The summed E-state index contributed by atoms with van der Waals surface area (Å²) in [5.74, 6) is 0.791. The predicted octanol–water partition coefficient (Wildman–Crippen LogP) is 2.56. The molecular formula is C11H14FNO. The molecule has 0 saturated heterocycles. The van der Waals surface area contributed by atoms with Crippen molar-refractivity contribution in [3.05, 3.63) is 23.8 Å². The van der Waals surface area contributed by atoms with Gasteiger partial charge >= 0.3 is 0 Å². The van der Waals surface area contributed by atoms with Crippen molar-refractivity contribution in [2.45, 2.75) is 19.0 Å². The average molecular weight is 195 g/mol. The second-order valence-corrected chi connectivity index (χ2v) is 3.62. The number of methoxy groups -OCH3 is 1. The number of alkyl halides is 1. The summed E-state index contributed by atoms with van der Waals surface area (Å²) in [5, 5.41) is 3.19. The van der Waals surface area contributed by atoms with Crippen molar-refractivity contribution >= 4 is 5.69 Å². The zero-order valence-electron chi connectivity index (χ0n) is 8.38. The number of halogens is 1. The van der Waals surface area contributed by atoms with Gasteiger partial charge in [-0.05, 0) is 18.6 Å². The number of rotatable bonds is 2. The Bertz CT molecular complexity index is 338. The van der Waals surface area contributed by atoms with Crippen molar-refractivity contribution < 1.29 is 9.13 Å². The van der Waals surface area contributed by atoms with E-state index in [9.17, 15) is 4.39 Å². The third-order valence-corrected chi connectivity index (χ3v) is 2.73. The Balaban J connectivity index is 2.33. The van der Waals surface area contributed by atoms with E-state index >= 15 is 0 Å². The van der Waals surface area contributed by atoms with Gasteiger partial charge in [0.25, 0.3) is 0 Å². The molecular weight excluding hydrogens is 181 g/mol. The number of fused-ring (bicyclic) bond motifs is 1. The second kappa shape index (κ2) is 3.48. The summed E-state index contributed by atoms with van der Waals surface area (Å²) in [6.45, 7) is 2.28. The fourth-order valence-electron chi connectivity index (χ4n) is 1.88. The number of hydrogen-bond acceptors (Lipinski definition) is 2. The smallest absolute Gasteiger partial charge is 0.120 e. The molecule has 0 aromatic heterocycles. The number of anilines is 1. The molecule has 1 aromatic carbocycles. The molecule has 0 aliphatic carbocycles. The third-order valence-electron chi connectivity index (χ3n) is 2.73. The van der Waals surface area contributed by atoms with Crippen LogP contribution in [0.15, 0.2) is 18.2 Å². The first-order valence-corrected chi connectivity index (χ1v) is 4.78. The van der Waals surface area contributed by atoms with Gasteiger partial charge in [-0.3, -0.25) is 0 Å². The molecule has 2 atom stereocenters. The topological polar surface area (TPSA) is 21.3 Å². The first-order chi connectivity index (χ1) is 6.72. The quantitative estimate of drug-likeness (QED) is 0.783. The lowest BCUT2D eigenvalue weighted by atomic mass is 9.97. The van der Waals surface area contributed by atoms with Crippen LogP contribution < -0.4 is 10.1 Å². The van der Waals surface area contributed by atoms with Crippen molar-refractivity contribution in [2.24, 2.45) is 0 Å². The molecule has 1 aliphatic rings. The maximum atomic E-state index is 13.2. The van der Waals surface area contributed by atoms with Gasteiger partial charge in [-0.2, -0.15) is 0 Å². The number of ether oxygens (including phenoxy) is 1. The highest BCUT2D eigenvalue weighted by Crippen LogP contribution is 2.36. The Kier molecular flexibility index (Phi) is 2.32. The maximum absolute atomic E-state index is 13.2. The van der Waals surface area contributed by atoms with E-state index in [0.717, 1.165) is 17.0 Å². The molecule has 1 aliphatic heterocycles. The van der Waals surface area contributed by atoms with Gasteiger partial charge in [-0.25, -0.2) is 4.39 Å². The first-order valence-electron chi connectivity index (χ1n) is 4.78. The molecule has 1 aromatic rings. The van der Waals surface area contributed by atoms with Crippen LogP contribution in [0.5, 0.6) is 5.75 Å². The van der Waals surface area contributed by atoms with Gasteiger partial charge < -0.3 is 10.1 Å². The largest absolute Gasteiger partial charge is 0.497 e. The van der Waals surface area contributed by atoms with E-state index in [1.807, 2.05) is 18.2 Å². The minimum Gasteiger partial charge on any atom is -0.497 e. The predicted molar refractivity (Wildman–Crippen MR) is 54.8 cm³/mol. The van der Waals surface area contributed by atoms with Gasteiger partial charge in [0.1, 0.15) is 11.9 Å². The lowest BCUT2D eigenvalue weighted by Crippen LogP contribution is -2.12. The monoisotopic (exact) mass is 195 g/mol. The number of benzene rings is 1. The molecule has 1 heterocycles. The minimum atomic E-state index is -0.808. The summed E-state index contributed by atoms with van der Waals surface area (Å²) in [6, 6.07) is 5.73. The van der Waals surface area contributed by atoms with Crippen LogP contribution in [-0.2, 0) is 0 Å². The van der Waals surface area contributed by atoms with Crippen LogP contribution in [0, 0.1) is 0 Å². The second-order valence-electron chi connectivity index (χ2n) is 3.62. The molecule has 14 heavy (non-hydrogen) atoms. The van der Waals surface area contributed by atoms with Crippen LogP contribution in [0.25, 0.3) is 0 Å². The fraction of sp³-hybridized carbons (Fsp3) is 0.455. The molecule has 2 rings (SSSR count). The average Bonchev–Trinajstić information content (AvgIpc) is 2.59. The van der Waals surface area contributed by atoms with Crippen molar-refractivity contribution in [2.75, 3.05) is 19.0 Å². The Morgan fingerprint density at radius 2 is 2.36 bits per heavy atom. The summed E-state index contributed by atoms with van der Waals surface area (Å²) < 4.78 is 18.3. The molecule has 0 bridgehead atoms. The van der Waals surface area contributed by atoms with Gasteiger partial charge in [-0.1, -0.05) is 6.07 Å². The Hall–Kier alpha value is -1.25. The number of hydrogen-bond donors (Lipinski definition) is 1. The minimum absolute atomic E-state index is 0.0177. The van der Waals surface area contributed by atoms with Crippen LogP contribution >= 0.6 is 0 Å². The third kappa shape index (κ3) is 1.43. The zero-order valence-corrected chi connectivity index (χ0v) is 8.38. The molecule has 76 valence electrons. The summed E-state index contributed by atoms with van der Waals surface area (Å²) in [5.41, 5.74) is 2.06. The highest BCUT2D eigenvalue weighted by atomic mass is 19.1. The van der Waals surface area contributed by atoms with Crippen molar-refractivity contribution in [1.29, 1.82) is 0 Å². The molecule has 3 heteroatoms. The van der Waals surface area contributed by atoms with Crippen LogP contribution in [0.4, 0.5) is 10.1 Å². The van der Waals surface area contributed by atoms with Gasteiger partial charge in [0, 0.05) is 24.2 Å². The van der Waals surface area contributed by atoms with Gasteiger partial charge in [-0.15, -0.1) is 0 Å². The van der Waals surface area contributed by atoms with Crippen LogP contribution in [0.1, 0.15) is 18.4 Å². The zero-order chi connectivity index (χ0) is 10.1. The van der Waals surface area contributed by atoms with E-state index in [2.05, 4.69) is 5.32 Å². The van der Waals surface area contributed by atoms with Crippen molar-refractivity contribution in [3.8, 4) is 5.75 Å². The molecule has 1 N–H and O–H groups in total. The Morgan fingerprint density at radius 1 is 1.57 bits per heavy atom. The van der Waals surface area contributed by atoms with E-state index in [0.29, 0.717) is 6.54 Å². The molecule has 0 fully saturated rings. The summed E-state index contributed by atoms with van der Waals surface area (Å²) in [6.07, 6.45) is -0.808. The highest BCUT2D eigenvalue weighted by molar-refractivity contribution is 5.61. The summed E-state index contributed by atoms with van der Waals surface area (Å²) in [7, 11) is 1.63. The standard InChI is InChI=1S/C11H14FNO/c1-7(12)10-6-13-11-5-8(14-2)3-4-9(10)11/h3-5,7,10,13H,6H2,1-2H3. The first kappa shape index (κ1) is 9.31. The molecule has 2 nitrogen and oxygen atoms in total. The van der Waals surface area contributed by atoms with Crippen LogP contribution in [0.3, 0.4) is 0 Å². The van der Waals surface area contributed by atoms with Crippen LogP contribution in [0.2, 0.25) is 0 Å². The summed E-state index contributed by atoms with van der Waals surface area (Å²) >= 11 is 0. The van der Waals surface area contributed by atoms with E-state index in [1.54, 1.807) is 14.0 Å². The van der Waals surface area contributed by atoms with E-state index in [-0.39, 0.29) is 5.92 Å². The normalized spacial score (nSPS) is 21.2. The van der Waals surface area contributed by atoms with E-state index in [4.69, 9.17) is 4.74 Å². The number of nitrogens with one attached hydrogen (secondary N) is 1.